The van der Waals surface area contributed by atoms with Crippen LogP contribution in [0.5, 0.6) is 0 Å². The van der Waals surface area contributed by atoms with Crippen LogP contribution >= 0.6 is 15.9 Å². The minimum absolute atomic E-state index is 0.0175. The summed E-state index contributed by atoms with van der Waals surface area (Å²) in [5, 5.41) is 0. The molecule has 0 saturated heterocycles. The van der Waals surface area contributed by atoms with E-state index in [-0.39, 0.29) is 17.5 Å². The van der Waals surface area contributed by atoms with E-state index in [2.05, 4.69) is 15.9 Å². The third kappa shape index (κ3) is 3.70. The summed E-state index contributed by atoms with van der Waals surface area (Å²) in [6.07, 6.45) is 0. The van der Waals surface area contributed by atoms with Crippen molar-refractivity contribution in [2.24, 2.45) is 0 Å². The number of hydrogen-bond acceptors (Lipinski definition) is 1. The highest BCUT2D eigenvalue weighted by Gasteiger charge is 2.22. The first-order valence-electron chi connectivity index (χ1n) is 6.79. The third-order valence-electron chi connectivity index (χ3n) is 3.26. The van der Waals surface area contributed by atoms with Gasteiger partial charge in [-0.2, -0.15) is 0 Å². The SMILES string of the molecule is CC(C)N(Cc1ccccc1)C(=O)c1cccc(Br)c1F. The van der Waals surface area contributed by atoms with Crippen LogP contribution in [-0.4, -0.2) is 16.8 Å². The van der Waals surface area contributed by atoms with Crippen LogP contribution in [0.1, 0.15) is 29.8 Å². The third-order valence-corrected chi connectivity index (χ3v) is 3.87. The second kappa shape index (κ2) is 6.85. The van der Waals surface area contributed by atoms with Gasteiger partial charge in [0.15, 0.2) is 0 Å². The van der Waals surface area contributed by atoms with E-state index in [0.29, 0.717) is 11.0 Å². The zero-order chi connectivity index (χ0) is 15.4. The molecule has 21 heavy (non-hydrogen) atoms. The topological polar surface area (TPSA) is 20.3 Å². The summed E-state index contributed by atoms with van der Waals surface area (Å²) in [4.78, 5) is 14.3. The molecule has 2 aromatic carbocycles. The molecule has 2 nitrogen and oxygen atoms in total. The van der Waals surface area contributed by atoms with E-state index >= 15 is 0 Å². The van der Waals surface area contributed by atoms with Crippen LogP contribution in [0.3, 0.4) is 0 Å². The van der Waals surface area contributed by atoms with Crippen LogP contribution < -0.4 is 0 Å². The lowest BCUT2D eigenvalue weighted by Crippen LogP contribution is -2.36. The smallest absolute Gasteiger partial charge is 0.257 e. The monoisotopic (exact) mass is 349 g/mol. The molecule has 0 atom stereocenters. The molecule has 0 aliphatic heterocycles. The van der Waals surface area contributed by atoms with Crippen molar-refractivity contribution in [1.29, 1.82) is 0 Å². The number of carbonyl (C=O) groups excluding carboxylic acids is 1. The second-order valence-electron chi connectivity index (χ2n) is 5.11. The molecule has 0 fully saturated rings. The molecule has 0 heterocycles. The summed E-state index contributed by atoms with van der Waals surface area (Å²) in [6, 6.07) is 14.5. The summed E-state index contributed by atoms with van der Waals surface area (Å²) in [5.41, 5.74) is 1.11. The average Bonchev–Trinajstić information content (AvgIpc) is 2.48. The van der Waals surface area contributed by atoms with E-state index in [4.69, 9.17) is 0 Å². The van der Waals surface area contributed by atoms with E-state index in [1.54, 1.807) is 17.0 Å². The van der Waals surface area contributed by atoms with Crippen LogP contribution in [0.15, 0.2) is 53.0 Å². The first-order valence-corrected chi connectivity index (χ1v) is 7.59. The van der Waals surface area contributed by atoms with E-state index < -0.39 is 5.82 Å². The molecule has 4 heteroatoms. The Kier molecular flexibility index (Phi) is 5.12. The van der Waals surface area contributed by atoms with Gasteiger partial charge in [0.2, 0.25) is 0 Å². The molecule has 0 unspecified atom stereocenters. The molecule has 0 N–H and O–H groups in total. The minimum Gasteiger partial charge on any atom is -0.332 e. The fourth-order valence-electron chi connectivity index (χ4n) is 2.09. The molecule has 2 aromatic rings. The Morgan fingerprint density at radius 3 is 2.43 bits per heavy atom. The van der Waals surface area contributed by atoms with Crippen molar-refractivity contribution in [2.45, 2.75) is 26.4 Å². The van der Waals surface area contributed by atoms with E-state index in [1.165, 1.54) is 6.07 Å². The predicted molar refractivity (Wildman–Crippen MR) is 85.6 cm³/mol. The standard InChI is InChI=1S/C17H17BrFNO/c1-12(2)20(11-13-7-4-3-5-8-13)17(21)14-9-6-10-15(18)16(14)19/h3-10,12H,11H2,1-2H3. The number of benzene rings is 2. The summed E-state index contributed by atoms with van der Waals surface area (Å²) in [5.74, 6) is -0.811. The Hall–Kier alpha value is -1.68. The van der Waals surface area contributed by atoms with Gasteiger partial charge in [0.1, 0.15) is 5.82 Å². The van der Waals surface area contributed by atoms with Crippen LogP contribution in [0, 0.1) is 5.82 Å². The molecule has 0 radical (unpaired) electrons. The normalized spacial score (nSPS) is 10.7. The molecule has 0 saturated carbocycles. The zero-order valence-electron chi connectivity index (χ0n) is 12.0. The van der Waals surface area contributed by atoms with Crippen molar-refractivity contribution in [3.8, 4) is 0 Å². The van der Waals surface area contributed by atoms with Crippen molar-refractivity contribution >= 4 is 21.8 Å². The number of rotatable bonds is 4. The molecule has 0 aliphatic rings. The van der Waals surface area contributed by atoms with Gasteiger partial charge in [-0.3, -0.25) is 4.79 Å². The van der Waals surface area contributed by atoms with Crippen LogP contribution in [-0.2, 0) is 6.54 Å². The lowest BCUT2D eigenvalue weighted by atomic mass is 10.1. The molecular formula is C17H17BrFNO. The fraction of sp³-hybridized carbons (Fsp3) is 0.235. The first-order chi connectivity index (χ1) is 10.0. The lowest BCUT2D eigenvalue weighted by molar-refractivity contribution is 0.0685. The van der Waals surface area contributed by atoms with Crippen molar-refractivity contribution in [3.05, 3.63) is 69.9 Å². The molecule has 0 spiro atoms. The van der Waals surface area contributed by atoms with Crippen LogP contribution in [0.4, 0.5) is 4.39 Å². The van der Waals surface area contributed by atoms with Gasteiger partial charge in [-0.05, 0) is 47.5 Å². The highest BCUT2D eigenvalue weighted by Crippen LogP contribution is 2.21. The fourth-order valence-corrected chi connectivity index (χ4v) is 2.46. The van der Waals surface area contributed by atoms with Crippen molar-refractivity contribution in [2.75, 3.05) is 0 Å². The number of amides is 1. The first kappa shape index (κ1) is 15.7. The largest absolute Gasteiger partial charge is 0.332 e. The molecule has 110 valence electrons. The highest BCUT2D eigenvalue weighted by molar-refractivity contribution is 9.10. The van der Waals surface area contributed by atoms with Gasteiger partial charge in [0.25, 0.3) is 5.91 Å². The Morgan fingerprint density at radius 1 is 1.14 bits per heavy atom. The molecule has 0 aromatic heterocycles. The van der Waals surface area contributed by atoms with Gasteiger partial charge in [-0.15, -0.1) is 0 Å². The van der Waals surface area contributed by atoms with Gasteiger partial charge in [-0.25, -0.2) is 4.39 Å². The van der Waals surface area contributed by atoms with Gasteiger partial charge in [0, 0.05) is 12.6 Å². The summed E-state index contributed by atoms with van der Waals surface area (Å²) < 4.78 is 14.4. The maximum absolute atomic E-state index is 14.1. The predicted octanol–water partition coefficient (Wildman–Crippen LogP) is 4.64. The number of carbonyl (C=O) groups is 1. The highest BCUT2D eigenvalue weighted by atomic mass is 79.9. The maximum atomic E-state index is 14.1. The van der Waals surface area contributed by atoms with E-state index in [9.17, 15) is 9.18 Å². The zero-order valence-corrected chi connectivity index (χ0v) is 13.6. The molecule has 0 bridgehead atoms. The van der Waals surface area contributed by atoms with Crippen molar-refractivity contribution < 1.29 is 9.18 Å². The van der Waals surface area contributed by atoms with Crippen molar-refractivity contribution in [3.63, 3.8) is 0 Å². The maximum Gasteiger partial charge on any atom is 0.257 e. The molecule has 2 rings (SSSR count). The quantitative estimate of drug-likeness (QED) is 0.787. The average molecular weight is 350 g/mol. The Labute approximate surface area is 132 Å². The lowest BCUT2D eigenvalue weighted by Gasteiger charge is -2.27. The van der Waals surface area contributed by atoms with Gasteiger partial charge in [-0.1, -0.05) is 36.4 Å². The minimum atomic E-state index is -0.513. The van der Waals surface area contributed by atoms with E-state index in [0.717, 1.165) is 5.56 Å². The number of halogens is 2. The summed E-state index contributed by atoms with van der Waals surface area (Å²) >= 11 is 3.12. The van der Waals surface area contributed by atoms with Gasteiger partial charge in [0.05, 0.1) is 10.0 Å². The second-order valence-corrected chi connectivity index (χ2v) is 5.97. The van der Waals surface area contributed by atoms with Crippen LogP contribution in [0.25, 0.3) is 0 Å². The number of hydrogen-bond donors (Lipinski definition) is 0. The van der Waals surface area contributed by atoms with Gasteiger partial charge < -0.3 is 4.90 Å². The van der Waals surface area contributed by atoms with Crippen LogP contribution in [0.2, 0.25) is 0 Å². The molecule has 0 aliphatic carbocycles. The Balaban J connectivity index is 2.30. The Morgan fingerprint density at radius 2 is 1.81 bits per heavy atom. The van der Waals surface area contributed by atoms with Crippen molar-refractivity contribution in [1.82, 2.24) is 4.90 Å². The van der Waals surface area contributed by atoms with E-state index in [1.807, 2.05) is 44.2 Å². The molecule has 1 amide bonds. The van der Waals surface area contributed by atoms with Gasteiger partial charge >= 0.3 is 0 Å². The summed E-state index contributed by atoms with van der Waals surface area (Å²) in [7, 11) is 0. The summed E-state index contributed by atoms with van der Waals surface area (Å²) in [6.45, 7) is 4.32. The number of nitrogens with zero attached hydrogens (tertiary/aromatic N) is 1. The molecular weight excluding hydrogens is 333 g/mol. The Bertz CT molecular complexity index is 628.